The van der Waals surface area contributed by atoms with Crippen LogP contribution in [0.15, 0.2) is 42.5 Å². The molecule has 0 heterocycles. The lowest BCUT2D eigenvalue weighted by Gasteiger charge is -2.28. The minimum Gasteiger partial charge on any atom is -0.493 e. The topological polar surface area (TPSA) is 83.4 Å². The SMILES string of the molecule is COc1cc(C#N)ccc1Oc1ccc(NC(C)C(=O)NC2CCC(C)CC2)cc1. The van der Waals surface area contributed by atoms with E-state index >= 15 is 0 Å². The van der Waals surface area contributed by atoms with Crippen molar-refractivity contribution in [2.45, 2.75) is 51.6 Å². The van der Waals surface area contributed by atoms with Crippen molar-refractivity contribution in [2.24, 2.45) is 5.92 Å². The Morgan fingerprint density at radius 1 is 1.10 bits per heavy atom. The number of carbonyl (C=O) groups excluding carboxylic acids is 1. The zero-order chi connectivity index (χ0) is 21.5. The van der Waals surface area contributed by atoms with Crippen LogP contribution < -0.4 is 20.1 Å². The highest BCUT2D eigenvalue weighted by Crippen LogP contribution is 2.32. The number of anilines is 1. The Morgan fingerprint density at radius 3 is 2.43 bits per heavy atom. The van der Waals surface area contributed by atoms with E-state index in [1.54, 1.807) is 18.2 Å². The lowest BCUT2D eigenvalue weighted by Crippen LogP contribution is -2.44. The molecule has 0 bridgehead atoms. The summed E-state index contributed by atoms with van der Waals surface area (Å²) in [7, 11) is 1.54. The van der Waals surface area contributed by atoms with Crippen molar-refractivity contribution in [1.82, 2.24) is 5.32 Å². The summed E-state index contributed by atoms with van der Waals surface area (Å²) in [6.45, 7) is 4.14. The second-order valence-electron chi connectivity index (χ2n) is 7.94. The standard InChI is InChI=1S/C24H29N3O3/c1-16-4-7-20(8-5-16)27-24(28)17(2)26-19-9-11-21(12-10-19)30-22-13-6-18(15-25)14-23(22)29-3/h6,9-14,16-17,20,26H,4-5,7-8H2,1-3H3,(H,27,28). The van der Waals surface area contributed by atoms with E-state index in [2.05, 4.69) is 23.6 Å². The zero-order valence-corrected chi connectivity index (χ0v) is 17.8. The second-order valence-corrected chi connectivity index (χ2v) is 7.94. The van der Waals surface area contributed by atoms with Crippen LogP contribution in [0.3, 0.4) is 0 Å². The molecule has 1 unspecified atom stereocenters. The molecule has 2 aromatic carbocycles. The minimum absolute atomic E-state index is 0.0252. The van der Waals surface area contributed by atoms with Crippen molar-refractivity contribution in [2.75, 3.05) is 12.4 Å². The van der Waals surface area contributed by atoms with Crippen LogP contribution in [0.4, 0.5) is 5.69 Å². The summed E-state index contributed by atoms with van der Waals surface area (Å²) in [4.78, 5) is 12.5. The number of benzene rings is 2. The van der Waals surface area contributed by atoms with Crippen molar-refractivity contribution < 1.29 is 14.3 Å². The fourth-order valence-corrected chi connectivity index (χ4v) is 3.61. The zero-order valence-electron chi connectivity index (χ0n) is 17.8. The Labute approximate surface area is 178 Å². The number of hydrogen-bond donors (Lipinski definition) is 2. The number of carbonyl (C=O) groups is 1. The van der Waals surface area contributed by atoms with Crippen LogP contribution in [0.5, 0.6) is 17.2 Å². The summed E-state index contributed by atoms with van der Waals surface area (Å²) < 4.78 is 11.2. The number of rotatable bonds is 7. The van der Waals surface area contributed by atoms with Gasteiger partial charge in [-0.15, -0.1) is 0 Å². The van der Waals surface area contributed by atoms with Gasteiger partial charge in [0.05, 0.1) is 18.7 Å². The lowest BCUT2D eigenvalue weighted by atomic mass is 9.87. The van der Waals surface area contributed by atoms with Crippen LogP contribution in [-0.4, -0.2) is 25.1 Å². The van der Waals surface area contributed by atoms with Gasteiger partial charge in [0.2, 0.25) is 5.91 Å². The molecule has 0 aliphatic heterocycles. The maximum Gasteiger partial charge on any atom is 0.242 e. The molecule has 1 saturated carbocycles. The Kier molecular flexibility index (Phi) is 7.18. The summed E-state index contributed by atoms with van der Waals surface area (Å²) in [6.07, 6.45) is 4.48. The van der Waals surface area contributed by atoms with Crippen molar-refractivity contribution >= 4 is 11.6 Å². The normalized spacial score (nSPS) is 19.3. The fourth-order valence-electron chi connectivity index (χ4n) is 3.61. The molecule has 0 aromatic heterocycles. The van der Waals surface area contributed by atoms with Gasteiger partial charge >= 0.3 is 0 Å². The third kappa shape index (κ3) is 5.66. The molecule has 0 radical (unpaired) electrons. The minimum atomic E-state index is -0.324. The van der Waals surface area contributed by atoms with Crippen molar-refractivity contribution in [3.05, 3.63) is 48.0 Å². The molecular formula is C24H29N3O3. The Morgan fingerprint density at radius 2 is 1.80 bits per heavy atom. The predicted octanol–water partition coefficient (Wildman–Crippen LogP) is 4.85. The molecule has 6 nitrogen and oxygen atoms in total. The first-order valence-corrected chi connectivity index (χ1v) is 10.4. The summed E-state index contributed by atoms with van der Waals surface area (Å²) >= 11 is 0. The van der Waals surface area contributed by atoms with Gasteiger partial charge in [-0.3, -0.25) is 4.79 Å². The van der Waals surface area contributed by atoms with Crippen molar-refractivity contribution in [3.8, 4) is 23.3 Å². The molecular weight excluding hydrogens is 378 g/mol. The average molecular weight is 408 g/mol. The van der Waals surface area contributed by atoms with Gasteiger partial charge in [-0.2, -0.15) is 5.26 Å². The maximum atomic E-state index is 12.5. The number of hydrogen-bond acceptors (Lipinski definition) is 5. The highest BCUT2D eigenvalue weighted by atomic mass is 16.5. The van der Waals surface area contributed by atoms with Crippen LogP contribution >= 0.6 is 0 Å². The van der Waals surface area contributed by atoms with Gasteiger partial charge in [0.25, 0.3) is 0 Å². The highest BCUT2D eigenvalue weighted by Gasteiger charge is 2.22. The summed E-state index contributed by atoms with van der Waals surface area (Å²) in [6, 6.07) is 14.5. The second kappa shape index (κ2) is 10.0. The van der Waals surface area contributed by atoms with Crippen LogP contribution in [0.25, 0.3) is 0 Å². The van der Waals surface area contributed by atoms with E-state index in [-0.39, 0.29) is 18.0 Å². The third-order valence-electron chi connectivity index (χ3n) is 5.51. The van der Waals surface area contributed by atoms with Crippen LogP contribution in [0.2, 0.25) is 0 Å². The number of ether oxygens (including phenoxy) is 2. The van der Waals surface area contributed by atoms with Crippen LogP contribution in [-0.2, 0) is 4.79 Å². The molecule has 1 amide bonds. The predicted molar refractivity (Wildman–Crippen MR) is 117 cm³/mol. The number of nitriles is 1. The number of amides is 1. The smallest absolute Gasteiger partial charge is 0.242 e. The van der Waals surface area contributed by atoms with Gasteiger partial charge in [0, 0.05) is 17.8 Å². The number of nitrogens with zero attached hydrogens (tertiary/aromatic N) is 1. The highest BCUT2D eigenvalue weighted by molar-refractivity contribution is 5.84. The molecule has 1 aliphatic carbocycles. The fraction of sp³-hybridized carbons (Fsp3) is 0.417. The first-order valence-electron chi connectivity index (χ1n) is 10.4. The molecule has 6 heteroatoms. The van der Waals surface area contributed by atoms with Crippen molar-refractivity contribution in [3.63, 3.8) is 0 Å². The molecule has 3 rings (SSSR count). The molecule has 1 fully saturated rings. The van der Waals surface area contributed by atoms with Gasteiger partial charge in [0.1, 0.15) is 11.8 Å². The molecule has 1 aliphatic rings. The first kappa shape index (κ1) is 21.5. The monoisotopic (exact) mass is 407 g/mol. The maximum absolute atomic E-state index is 12.5. The number of nitrogens with one attached hydrogen (secondary N) is 2. The molecule has 1 atom stereocenters. The van der Waals surface area contributed by atoms with E-state index in [0.29, 0.717) is 22.8 Å². The lowest BCUT2D eigenvalue weighted by molar-refractivity contribution is -0.122. The summed E-state index contributed by atoms with van der Waals surface area (Å²) in [5, 5.41) is 15.4. The van der Waals surface area contributed by atoms with E-state index in [1.165, 1.54) is 20.0 Å². The average Bonchev–Trinajstić information content (AvgIpc) is 2.76. The molecule has 30 heavy (non-hydrogen) atoms. The quantitative estimate of drug-likeness (QED) is 0.685. The Hall–Kier alpha value is -3.20. The van der Waals surface area contributed by atoms with Crippen LogP contribution in [0.1, 0.15) is 45.1 Å². The summed E-state index contributed by atoms with van der Waals surface area (Å²) in [5.41, 5.74) is 1.35. The molecule has 2 aromatic rings. The molecule has 2 N–H and O–H groups in total. The van der Waals surface area contributed by atoms with E-state index in [4.69, 9.17) is 14.7 Å². The van der Waals surface area contributed by atoms with E-state index in [9.17, 15) is 4.79 Å². The summed E-state index contributed by atoms with van der Waals surface area (Å²) in [5.74, 6) is 2.46. The first-order chi connectivity index (χ1) is 14.5. The largest absolute Gasteiger partial charge is 0.493 e. The van der Waals surface area contributed by atoms with Gasteiger partial charge in [-0.25, -0.2) is 0 Å². The van der Waals surface area contributed by atoms with E-state index < -0.39 is 0 Å². The number of methoxy groups -OCH3 is 1. The van der Waals surface area contributed by atoms with E-state index in [0.717, 1.165) is 24.4 Å². The third-order valence-corrected chi connectivity index (χ3v) is 5.51. The molecule has 158 valence electrons. The Bertz CT molecular complexity index is 897. The molecule has 0 spiro atoms. The van der Waals surface area contributed by atoms with Crippen molar-refractivity contribution in [1.29, 1.82) is 5.26 Å². The van der Waals surface area contributed by atoms with Gasteiger partial charge in [-0.1, -0.05) is 6.92 Å². The van der Waals surface area contributed by atoms with Gasteiger partial charge in [0.15, 0.2) is 11.5 Å². The van der Waals surface area contributed by atoms with Gasteiger partial charge < -0.3 is 20.1 Å². The van der Waals surface area contributed by atoms with E-state index in [1.807, 2.05) is 31.2 Å². The van der Waals surface area contributed by atoms with Crippen LogP contribution in [0, 0.1) is 17.2 Å². The van der Waals surface area contributed by atoms with Gasteiger partial charge in [-0.05, 0) is 74.9 Å². The Balaban J connectivity index is 1.55. The molecule has 0 saturated heterocycles.